The van der Waals surface area contributed by atoms with E-state index in [1.165, 1.54) is 19.2 Å². The zero-order valence-electron chi connectivity index (χ0n) is 24.7. The summed E-state index contributed by atoms with van der Waals surface area (Å²) in [7, 11) is 3.02. The molecule has 1 amide bonds. The molecule has 3 aromatic rings. The second kappa shape index (κ2) is 13.9. The van der Waals surface area contributed by atoms with Crippen molar-refractivity contribution in [3.63, 3.8) is 0 Å². The summed E-state index contributed by atoms with van der Waals surface area (Å²) in [5.41, 5.74) is 8.74. The number of nitrogens with two attached hydrogens (primary N) is 1. The van der Waals surface area contributed by atoms with Crippen molar-refractivity contribution in [2.45, 2.75) is 51.7 Å². The topological polar surface area (TPSA) is 224 Å². The standard InChI is InChI=1S/C30H35N5O9/c1-15-11-23-20(27(39)33-16(2)32-23)12-18(15)14-34(3)19-7-5-17(6-8-19)28(40)35(4)24(30(43)44)13-21(29(41)42)26(38)22(31)9-10-25(36)37/h5-8,11-12,21-22,24H,9-10,13-14,31H2,1-4H3,(H,36,37)(H,41,42)(H,43,44)(H,32,33,39)/t21?,22-,24-/m0/s1. The maximum Gasteiger partial charge on any atom is 0.326 e. The van der Waals surface area contributed by atoms with E-state index in [1.807, 2.05) is 24.9 Å². The van der Waals surface area contributed by atoms with E-state index in [0.29, 0.717) is 23.3 Å². The van der Waals surface area contributed by atoms with Crippen LogP contribution in [0.1, 0.15) is 46.6 Å². The van der Waals surface area contributed by atoms with E-state index in [0.717, 1.165) is 21.7 Å². The average Bonchev–Trinajstić information content (AvgIpc) is 2.95. The second-order valence-corrected chi connectivity index (χ2v) is 10.7. The third kappa shape index (κ3) is 7.83. The molecule has 14 heteroatoms. The molecule has 1 aromatic heterocycles. The Morgan fingerprint density at radius 3 is 2.18 bits per heavy atom. The van der Waals surface area contributed by atoms with Crippen molar-refractivity contribution < 1.29 is 39.3 Å². The number of ketones is 1. The normalized spacial score (nSPS) is 13.1. The fourth-order valence-electron chi connectivity index (χ4n) is 4.84. The second-order valence-electron chi connectivity index (χ2n) is 10.7. The number of fused-ring (bicyclic) bond motifs is 1. The number of carboxylic acid groups (broad SMARTS) is 3. The highest BCUT2D eigenvalue weighted by molar-refractivity contribution is 6.02. The number of benzene rings is 2. The number of aliphatic carboxylic acids is 3. The molecule has 1 heterocycles. The van der Waals surface area contributed by atoms with Crippen LogP contribution in [0.2, 0.25) is 0 Å². The fraction of sp³-hybridized carbons (Fsp3) is 0.367. The number of carbonyl (C=O) groups excluding carboxylic acids is 2. The van der Waals surface area contributed by atoms with E-state index in [1.54, 1.807) is 25.1 Å². The molecule has 0 aliphatic heterocycles. The largest absolute Gasteiger partial charge is 0.481 e. The number of likely N-dealkylation sites (N-methyl/N-ethyl adjacent to an activating group) is 1. The van der Waals surface area contributed by atoms with Gasteiger partial charge in [0.05, 0.1) is 16.9 Å². The van der Waals surface area contributed by atoms with Crippen LogP contribution >= 0.6 is 0 Å². The molecular weight excluding hydrogens is 574 g/mol. The monoisotopic (exact) mass is 609 g/mol. The van der Waals surface area contributed by atoms with Crippen LogP contribution in [0.3, 0.4) is 0 Å². The molecular formula is C30H35N5O9. The van der Waals surface area contributed by atoms with Crippen molar-refractivity contribution in [2.75, 3.05) is 19.0 Å². The summed E-state index contributed by atoms with van der Waals surface area (Å²) in [6.45, 7) is 4.06. The number of Topliss-reactive ketones (excluding diaryl/α,β-unsaturated/α-hetero) is 1. The summed E-state index contributed by atoms with van der Waals surface area (Å²) in [6, 6.07) is 6.85. The molecule has 3 rings (SSSR count). The van der Waals surface area contributed by atoms with Crippen LogP contribution in [0.5, 0.6) is 0 Å². The van der Waals surface area contributed by atoms with Crippen LogP contribution in [0.15, 0.2) is 41.2 Å². The van der Waals surface area contributed by atoms with Gasteiger partial charge in [-0.1, -0.05) is 0 Å². The van der Waals surface area contributed by atoms with E-state index < -0.39 is 60.4 Å². The molecule has 14 nitrogen and oxygen atoms in total. The van der Waals surface area contributed by atoms with Gasteiger partial charge in [0.15, 0.2) is 5.78 Å². The van der Waals surface area contributed by atoms with Gasteiger partial charge >= 0.3 is 17.9 Å². The van der Waals surface area contributed by atoms with Crippen molar-refractivity contribution in [1.82, 2.24) is 14.9 Å². The molecule has 1 unspecified atom stereocenters. The Hall–Kier alpha value is -5.11. The minimum atomic E-state index is -1.86. The quantitative estimate of drug-likeness (QED) is 0.164. The van der Waals surface area contributed by atoms with Crippen LogP contribution < -0.4 is 16.2 Å². The number of carboxylic acids is 3. The van der Waals surface area contributed by atoms with Gasteiger partial charge in [-0.3, -0.25) is 24.0 Å². The first kappa shape index (κ1) is 33.4. The maximum absolute atomic E-state index is 13.2. The van der Waals surface area contributed by atoms with Crippen molar-refractivity contribution >= 4 is 46.2 Å². The molecule has 0 saturated heterocycles. The highest BCUT2D eigenvalue weighted by Gasteiger charge is 2.38. The molecule has 3 atom stereocenters. The van der Waals surface area contributed by atoms with E-state index in [4.69, 9.17) is 10.8 Å². The minimum absolute atomic E-state index is 0.127. The van der Waals surface area contributed by atoms with Gasteiger partial charge in [-0.25, -0.2) is 9.78 Å². The summed E-state index contributed by atoms with van der Waals surface area (Å²) in [5.74, 6) is -7.45. The lowest BCUT2D eigenvalue weighted by Gasteiger charge is -2.28. The zero-order valence-corrected chi connectivity index (χ0v) is 24.7. The molecule has 0 fully saturated rings. The Morgan fingerprint density at radius 2 is 1.61 bits per heavy atom. The van der Waals surface area contributed by atoms with Crippen LogP contribution in [-0.2, 0) is 25.7 Å². The van der Waals surface area contributed by atoms with E-state index >= 15 is 0 Å². The van der Waals surface area contributed by atoms with Gasteiger partial charge in [-0.15, -0.1) is 0 Å². The van der Waals surface area contributed by atoms with Gasteiger partial charge in [-0.2, -0.15) is 0 Å². The smallest absolute Gasteiger partial charge is 0.326 e. The maximum atomic E-state index is 13.2. The molecule has 44 heavy (non-hydrogen) atoms. The summed E-state index contributed by atoms with van der Waals surface area (Å²) in [5, 5.41) is 28.7. The first-order valence-corrected chi connectivity index (χ1v) is 13.7. The van der Waals surface area contributed by atoms with Crippen molar-refractivity contribution in [3.8, 4) is 0 Å². The van der Waals surface area contributed by atoms with Crippen LogP contribution in [0.25, 0.3) is 10.9 Å². The van der Waals surface area contributed by atoms with Crippen LogP contribution in [-0.4, -0.2) is 86.0 Å². The van der Waals surface area contributed by atoms with E-state index in [-0.39, 0.29) is 17.5 Å². The predicted octanol–water partition coefficient (Wildman–Crippen LogP) is 1.55. The SMILES string of the molecule is Cc1nc2cc(C)c(CN(C)c3ccc(C(=O)N(C)[C@@H](CC(C(=O)O)C(=O)[C@@H](N)CCC(=O)O)C(=O)O)cc3)cc2c(=O)[nH]1. The lowest BCUT2D eigenvalue weighted by atomic mass is 9.89. The summed E-state index contributed by atoms with van der Waals surface area (Å²) >= 11 is 0. The predicted molar refractivity (Wildman–Crippen MR) is 159 cm³/mol. The number of nitrogens with zero attached hydrogens (tertiary/aromatic N) is 3. The molecule has 6 N–H and O–H groups in total. The number of nitrogens with one attached hydrogen (secondary N) is 1. The van der Waals surface area contributed by atoms with Crippen molar-refractivity contribution in [1.29, 1.82) is 0 Å². The van der Waals surface area contributed by atoms with Gasteiger partial charge in [0, 0.05) is 38.3 Å². The Bertz CT molecular complexity index is 1650. The summed E-state index contributed by atoms with van der Waals surface area (Å²) < 4.78 is 0. The lowest BCUT2D eigenvalue weighted by Crippen LogP contribution is -2.47. The van der Waals surface area contributed by atoms with Crippen LogP contribution in [0.4, 0.5) is 5.69 Å². The molecule has 0 aliphatic carbocycles. The third-order valence-corrected chi connectivity index (χ3v) is 7.45. The van der Waals surface area contributed by atoms with E-state index in [2.05, 4.69) is 9.97 Å². The number of aromatic amines is 1. The van der Waals surface area contributed by atoms with Gasteiger partial charge < -0.3 is 35.8 Å². The average molecular weight is 610 g/mol. The first-order valence-electron chi connectivity index (χ1n) is 13.7. The first-order chi connectivity index (χ1) is 20.6. The molecule has 0 spiro atoms. The Kier molecular flexibility index (Phi) is 10.6. The molecule has 0 saturated carbocycles. The van der Waals surface area contributed by atoms with E-state index in [9.17, 15) is 39.0 Å². The molecule has 2 aromatic carbocycles. The van der Waals surface area contributed by atoms with Crippen molar-refractivity contribution in [2.24, 2.45) is 11.7 Å². The number of amides is 1. The zero-order chi connectivity index (χ0) is 32.9. The number of aryl methyl sites for hydroxylation is 2. The van der Waals surface area contributed by atoms with Gasteiger partial charge in [0.25, 0.3) is 11.5 Å². The number of rotatable bonds is 14. The molecule has 0 bridgehead atoms. The number of H-pyrrole nitrogens is 1. The molecule has 0 aliphatic rings. The Morgan fingerprint density at radius 1 is 0.977 bits per heavy atom. The van der Waals surface area contributed by atoms with Gasteiger partial charge in [0.1, 0.15) is 17.8 Å². The van der Waals surface area contributed by atoms with Crippen LogP contribution in [0, 0.1) is 19.8 Å². The van der Waals surface area contributed by atoms with Gasteiger partial charge in [-0.05, 0) is 74.2 Å². The number of hydrogen-bond acceptors (Lipinski definition) is 9. The minimum Gasteiger partial charge on any atom is -0.481 e. The lowest BCUT2D eigenvalue weighted by molar-refractivity contribution is -0.149. The number of hydrogen-bond donors (Lipinski definition) is 5. The summed E-state index contributed by atoms with van der Waals surface area (Å²) in [4.78, 5) is 82.8. The Balaban J connectivity index is 1.75. The fourth-order valence-corrected chi connectivity index (χ4v) is 4.84. The number of carbonyl (C=O) groups is 5. The third-order valence-electron chi connectivity index (χ3n) is 7.45. The number of anilines is 1. The van der Waals surface area contributed by atoms with Gasteiger partial charge in [0.2, 0.25) is 0 Å². The Labute approximate surface area is 252 Å². The number of aromatic nitrogens is 2. The highest BCUT2D eigenvalue weighted by Crippen LogP contribution is 2.23. The molecule has 234 valence electrons. The summed E-state index contributed by atoms with van der Waals surface area (Å²) in [6.07, 6.45) is -1.54. The highest BCUT2D eigenvalue weighted by atomic mass is 16.4. The molecule has 0 radical (unpaired) electrons. The van der Waals surface area contributed by atoms with Crippen molar-refractivity contribution in [3.05, 3.63) is 69.3 Å².